The van der Waals surface area contributed by atoms with Crippen LogP contribution in [-0.2, 0) is 0 Å². The van der Waals surface area contributed by atoms with Crippen molar-refractivity contribution >= 4 is 0 Å². The number of hydrogen-bond acceptors (Lipinski definition) is 2. The van der Waals surface area contributed by atoms with Gasteiger partial charge in [-0.15, -0.1) is 0 Å². The summed E-state index contributed by atoms with van der Waals surface area (Å²) in [7, 11) is 0. The highest BCUT2D eigenvalue weighted by atomic mass is 16.5. The van der Waals surface area contributed by atoms with Crippen LogP contribution in [0.3, 0.4) is 0 Å². The molecule has 0 aromatic heterocycles. The van der Waals surface area contributed by atoms with Crippen molar-refractivity contribution in [2.75, 3.05) is 6.61 Å². The van der Waals surface area contributed by atoms with Crippen LogP contribution in [0.25, 0.3) is 0 Å². The van der Waals surface area contributed by atoms with Crippen LogP contribution >= 0.6 is 0 Å². The Hall–Kier alpha value is -1.02. The largest absolute Gasteiger partial charge is 0.494 e. The molecule has 0 radical (unpaired) electrons. The average molecular weight is 247 g/mol. The Labute approximate surface area is 111 Å². The molecule has 1 aliphatic rings. The van der Waals surface area contributed by atoms with E-state index in [1.807, 2.05) is 30.3 Å². The maximum atomic E-state index is 6.53. The summed E-state index contributed by atoms with van der Waals surface area (Å²) < 4.78 is 5.72. The van der Waals surface area contributed by atoms with Gasteiger partial charge in [-0.3, -0.25) is 0 Å². The predicted molar refractivity (Wildman–Crippen MR) is 75.7 cm³/mol. The third-order valence-corrected chi connectivity index (χ3v) is 4.31. The van der Waals surface area contributed by atoms with E-state index in [-0.39, 0.29) is 5.54 Å². The summed E-state index contributed by atoms with van der Waals surface area (Å²) in [6, 6.07) is 10.0. The fourth-order valence-corrected chi connectivity index (χ4v) is 2.92. The summed E-state index contributed by atoms with van der Waals surface area (Å²) in [6.45, 7) is 3.08. The van der Waals surface area contributed by atoms with Crippen LogP contribution in [0.2, 0.25) is 0 Å². The van der Waals surface area contributed by atoms with Gasteiger partial charge in [0.05, 0.1) is 6.61 Å². The summed E-state index contributed by atoms with van der Waals surface area (Å²) in [5, 5.41) is 0. The first-order valence-electron chi connectivity index (χ1n) is 7.17. The molecule has 0 amide bonds. The van der Waals surface area contributed by atoms with Crippen LogP contribution in [0.15, 0.2) is 30.3 Å². The molecule has 0 aliphatic heterocycles. The van der Waals surface area contributed by atoms with E-state index in [9.17, 15) is 0 Å². The van der Waals surface area contributed by atoms with Gasteiger partial charge in [0, 0.05) is 5.54 Å². The molecule has 1 aromatic carbocycles. The van der Waals surface area contributed by atoms with Crippen molar-refractivity contribution in [3.05, 3.63) is 30.3 Å². The molecule has 0 heterocycles. The minimum absolute atomic E-state index is 0.0539. The monoisotopic (exact) mass is 247 g/mol. The van der Waals surface area contributed by atoms with E-state index in [1.54, 1.807) is 0 Å². The number of ether oxygens (including phenoxy) is 1. The second-order valence-electron chi connectivity index (χ2n) is 5.65. The van der Waals surface area contributed by atoms with Gasteiger partial charge in [0.25, 0.3) is 0 Å². The molecule has 2 nitrogen and oxygen atoms in total. The molecule has 18 heavy (non-hydrogen) atoms. The summed E-state index contributed by atoms with van der Waals surface area (Å²) in [5.74, 6) is 1.61. The summed E-state index contributed by atoms with van der Waals surface area (Å²) in [6.07, 6.45) is 7.24. The number of hydrogen-bond donors (Lipinski definition) is 1. The Morgan fingerprint density at radius 3 is 2.78 bits per heavy atom. The molecular formula is C16H25NO. The van der Waals surface area contributed by atoms with Crippen molar-refractivity contribution in [1.82, 2.24) is 0 Å². The lowest BCUT2D eigenvalue weighted by molar-refractivity contribution is 0.175. The maximum absolute atomic E-state index is 6.53. The van der Waals surface area contributed by atoms with E-state index in [2.05, 4.69) is 6.92 Å². The molecular weight excluding hydrogens is 222 g/mol. The minimum Gasteiger partial charge on any atom is -0.494 e. The lowest BCUT2D eigenvalue weighted by Gasteiger charge is -2.39. The van der Waals surface area contributed by atoms with Gasteiger partial charge in [-0.05, 0) is 43.7 Å². The summed E-state index contributed by atoms with van der Waals surface area (Å²) >= 11 is 0. The lowest BCUT2D eigenvalue weighted by Crippen LogP contribution is -2.48. The molecule has 1 aliphatic carbocycles. The molecule has 100 valence electrons. The molecule has 2 atom stereocenters. The van der Waals surface area contributed by atoms with E-state index in [0.717, 1.165) is 25.2 Å². The molecule has 2 N–H and O–H groups in total. The highest BCUT2D eigenvalue weighted by Crippen LogP contribution is 2.34. The van der Waals surface area contributed by atoms with E-state index in [4.69, 9.17) is 10.5 Å². The first kappa shape index (κ1) is 13.4. The van der Waals surface area contributed by atoms with Gasteiger partial charge in [-0.1, -0.05) is 38.0 Å². The van der Waals surface area contributed by atoms with Gasteiger partial charge < -0.3 is 10.5 Å². The highest BCUT2D eigenvalue weighted by molar-refractivity contribution is 5.20. The zero-order valence-corrected chi connectivity index (χ0v) is 11.4. The third kappa shape index (κ3) is 3.49. The second kappa shape index (κ2) is 6.24. The minimum atomic E-state index is 0.0539. The number of para-hydroxylation sites is 1. The Bertz CT molecular complexity index is 351. The first-order valence-corrected chi connectivity index (χ1v) is 7.17. The SMILES string of the molecule is CC1CCCCC1(N)CCCOc1ccccc1. The Morgan fingerprint density at radius 2 is 2.06 bits per heavy atom. The van der Waals surface area contributed by atoms with Crippen molar-refractivity contribution in [2.45, 2.75) is 51.0 Å². The zero-order chi connectivity index (χ0) is 12.8. The number of benzene rings is 1. The van der Waals surface area contributed by atoms with Gasteiger partial charge >= 0.3 is 0 Å². The average Bonchev–Trinajstić information content (AvgIpc) is 2.40. The van der Waals surface area contributed by atoms with Crippen molar-refractivity contribution in [1.29, 1.82) is 0 Å². The van der Waals surface area contributed by atoms with Gasteiger partial charge in [0.2, 0.25) is 0 Å². The van der Waals surface area contributed by atoms with Crippen LogP contribution in [0, 0.1) is 5.92 Å². The van der Waals surface area contributed by atoms with Crippen LogP contribution in [0.5, 0.6) is 5.75 Å². The lowest BCUT2D eigenvalue weighted by atomic mass is 9.72. The zero-order valence-electron chi connectivity index (χ0n) is 11.4. The Balaban J connectivity index is 1.71. The van der Waals surface area contributed by atoms with Gasteiger partial charge in [0.15, 0.2) is 0 Å². The standard InChI is InChI=1S/C16H25NO/c1-14-8-5-6-11-16(14,17)12-7-13-18-15-9-3-2-4-10-15/h2-4,9-10,14H,5-8,11-13,17H2,1H3. The second-order valence-corrected chi connectivity index (χ2v) is 5.65. The van der Waals surface area contributed by atoms with Crippen molar-refractivity contribution in [2.24, 2.45) is 11.7 Å². The van der Waals surface area contributed by atoms with E-state index in [0.29, 0.717) is 5.92 Å². The van der Waals surface area contributed by atoms with E-state index >= 15 is 0 Å². The fraction of sp³-hybridized carbons (Fsp3) is 0.625. The summed E-state index contributed by atoms with van der Waals surface area (Å²) in [5.41, 5.74) is 6.58. The smallest absolute Gasteiger partial charge is 0.119 e. The molecule has 1 saturated carbocycles. The third-order valence-electron chi connectivity index (χ3n) is 4.31. The molecule has 0 spiro atoms. The Morgan fingerprint density at radius 1 is 1.28 bits per heavy atom. The van der Waals surface area contributed by atoms with Gasteiger partial charge in [-0.2, -0.15) is 0 Å². The molecule has 1 aromatic rings. The topological polar surface area (TPSA) is 35.2 Å². The Kier molecular flexibility index (Phi) is 4.65. The van der Waals surface area contributed by atoms with Crippen LogP contribution in [-0.4, -0.2) is 12.1 Å². The van der Waals surface area contributed by atoms with E-state index < -0.39 is 0 Å². The first-order chi connectivity index (χ1) is 8.71. The highest BCUT2D eigenvalue weighted by Gasteiger charge is 2.33. The molecule has 0 bridgehead atoms. The molecule has 2 heteroatoms. The normalized spacial score (nSPS) is 28.0. The van der Waals surface area contributed by atoms with Crippen molar-refractivity contribution < 1.29 is 4.74 Å². The molecule has 0 saturated heterocycles. The van der Waals surface area contributed by atoms with Crippen molar-refractivity contribution in [3.63, 3.8) is 0 Å². The molecule has 1 fully saturated rings. The quantitative estimate of drug-likeness (QED) is 0.804. The van der Waals surface area contributed by atoms with Crippen molar-refractivity contribution in [3.8, 4) is 5.75 Å². The van der Waals surface area contributed by atoms with Gasteiger partial charge in [0.1, 0.15) is 5.75 Å². The van der Waals surface area contributed by atoms with Crippen LogP contribution in [0.1, 0.15) is 45.4 Å². The van der Waals surface area contributed by atoms with E-state index in [1.165, 1.54) is 25.7 Å². The number of nitrogens with two attached hydrogens (primary N) is 1. The van der Waals surface area contributed by atoms with Crippen LogP contribution in [0.4, 0.5) is 0 Å². The van der Waals surface area contributed by atoms with Crippen LogP contribution < -0.4 is 10.5 Å². The summed E-state index contributed by atoms with van der Waals surface area (Å²) in [4.78, 5) is 0. The molecule has 2 rings (SSSR count). The maximum Gasteiger partial charge on any atom is 0.119 e. The predicted octanol–water partition coefficient (Wildman–Crippen LogP) is 3.75. The number of rotatable bonds is 5. The molecule has 2 unspecified atom stereocenters. The fourth-order valence-electron chi connectivity index (χ4n) is 2.92. The van der Waals surface area contributed by atoms with Gasteiger partial charge in [-0.25, -0.2) is 0 Å².